The van der Waals surface area contributed by atoms with E-state index >= 15 is 0 Å². The Balaban J connectivity index is 1.52. The van der Waals surface area contributed by atoms with Gasteiger partial charge in [-0.1, -0.05) is 48.5 Å². The lowest BCUT2D eigenvalue weighted by Gasteiger charge is -2.13. The molecular formula is C30H25N3O2. The topological polar surface area (TPSA) is 66.2 Å². The first-order chi connectivity index (χ1) is 17.0. The van der Waals surface area contributed by atoms with Crippen molar-refractivity contribution in [2.45, 2.75) is 19.4 Å². The van der Waals surface area contributed by atoms with Gasteiger partial charge in [0.1, 0.15) is 6.61 Å². The van der Waals surface area contributed by atoms with E-state index in [0.717, 1.165) is 51.8 Å². The third-order valence-electron chi connectivity index (χ3n) is 6.39. The van der Waals surface area contributed by atoms with Crippen molar-refractivity contribution >= 4 is 34.2 Å². The number of nitriles is 1. The largest absolute Gasteiger partial charge is 0.457 e. The van der Waals surface area contributed by atoms with Crippen molar-refractivity contribution < 1.29 is 9.53 Å². The van der Waals surface area contributed by atoms with E-state index in [0.29, 0.717) is 16.7 Å². The molecule has 3 aromatic carbocycles. The summed E-state index contributed by atoms with van der Waals surface area (Å²) < 4.78 is 5.74. The molecule has 0 spiro atoms. The Morgan fingerprint density at radius 2 is 1.77 bits per heavy atom. The van der Waals surface area contributed by atoms with Crippen molar-refractivity contribution in [3.05, 3.63) is 106 Å². The molecule has 0 atom stereocenters. The summed E-state index contributed by atoms with van der Waals surface area (Å²) in [6.07, 6.45) is 3.70. The third kappa shape index (κ3) is 4.39. The van der Waals surface area contributed by atoms with E-state index in [1.807, 2.05) is 50.5 Å². The monoisotopic (exact) mass is 459 g/mol. The smallest absolute Gasteiger partial charge is 0.339 e. The standard InChI is InChI=1S/C30H25N3O2/c1-33(2)24-14-11-20(12-15-24)17-21-13-16-26-28(25-9-5-6-10-27(25)32-29(21)26)30(34)35-19-23-8-4-3-7-22(23)18-31/h3-12,14-15,17H,13,16,19H2,1-2H3/b21-17+. The van der Waals surface area contributed by atoms with Crippen LogP contribution >= 0.6 is 0 Å². The highest BCUT2D eigenvalue weighted by atomic mass is 16.5. The first kappa shape index (κ1) is 22.4. The molecule has 172 valence electrons. The zero-order valence-corrected chi connectivity index (χ0v) is 19.8. The SMILES string of the molecule is CN(C)c1ccc(/C=C2\CCc3c2nc2ccccc2c3C(=O)OCc2ccccc2C#N)cc1. The van der Waals surface area contributed by atoms with Crippen molar-refractivity contribution in [2.24, 2.45) is 0 Å². The average Bonchev–Trinajstić information content (AvgIpc) is 3.28. The second-order valence-electron chi connectivity index (χ2n) is 8.83. The van der Waals surface area contributed by atoms with Crippen molar-refractivity contribution in [1.29, 1.82) is 5.26 Å². The molecule has 1 heterocycles. The highest BCUT2D eigenvalue weighted by Crippen LogP contribution is 2.38. The molecule has 5 rings (SSSR count). The fourth-order valence-corrected chi connectivity index (χ4v) is 4.55. The summed E-state index contributed by atoms with van der Waals surface area (Å²) in [6, 6.07) is 25.4. The van der Waals surface area contributed by atoms with Crippen LogP contribution in [0.15, 0.2) is 72.8 Å². The number of benzene rings is 3. The molecule has 1 aromatic heterocycles. The molecule has 5 heteroatoms. The second kappa shape index (κ2) is 9.44. The number of hydrogen-bond acceptors (Lipinski definition) is 5. The van der Waals surface area contributed by atoms with Crippen LogP contribution in [0.2, 0.25) is 0 Å². The summed E-state index contributed by atoms with van der Waals surface area (Å²) in [7, 11) is 4.05. The van der Waals surface area contributed by atoms with Crippen LogP contribution in [0.3, 0.4) is 0 Å². The van der Waals surface area contributed by atoms with Gasteiger partial charge in [-0.25, -0.2) is 9.78 Å². The number of hydrogen-bond donors (Lipinski definition) is 0. The molecule has 35 heavy (non-hydrogen) atoms. The molecule has 4 aromatic rings. The summed E-state index contributed by atoms with van der Waals surface area (Å²) in [5.41, 5.74) is 7.71. The number of esters is 1. The number of carbonyl (C=O) groups is 1. The second-order valence-corrected chi connectivity index (χ2v) is 8.83. The number of para-hydroxylation sites is 1. The number of pyridine rings is 1. The molecule has 1 aliphatic rings. The molecular weight excluding hydrogens is 434 g/mol. The summed E-state index contributed by atoms with van der Waals surface area (Å²) in [4.78, 5) is 20.4. The number of allylic oxidation sites excluding steroid dienone is 1. The van der Waals surface area contributed by atoms with Crippen LogP contribution in [0.4, 0.5) is 5.69 Å². The van der Waals surface area contributed by atoms with Crippen molar-refractivity contribution in [3.63, 3.8) is 0 Å². The van der Waals surface area contributed by atoms with Crippen LogP contribution in [-0.2, 0) is 17.8 Å². The normalized spacial score (nSPS) is 13.5. The van der Waals surface area contributed by atoms with Gasteiger partial charge in [0.05, 0.1) is 28.4 Å². The van der Waals surface area contributed by atoms with Crippen LogP contribution in [0.5, 0.6) is 0 Å². The fraction of sp³-hybridized carbons (Fsp3) is 0.167. The van der Waals surface area contributed by atoms with Gasteiger partial charge >= 0.3 is 5.97 Å². The minimum absolute atomic E-state index is 0.0505. The van der Waals surface area contributed by atoms with E-state index in [1.165, 1.54) is 0 Å². The Morgan fingerprint density at radius 3 is 2.54 bits per heavy atom. The van der Waals surface area contributed by atoms with Crippen LogP contribution in [0, 0.1) is 11.3 Å². The molecule has 0 N–H and O–H groups in total. The van der Waals surface area contributed by atoms with Crippen LogP contribution in [0.25, 0.3) is 22.6 Å². The maximum Gasteiger partial charge on any atom is 0.339 e. The number of ether oxygens (including phenoxy) is 1. The van der Waals surface area contributed by atoms with Crippen molar-refractivity contribution in [1.82, 2.24) is 4.98 Å². The quantitative estimate of drug-likeness (QED) is 0.342. The lowest BCUT2D eigenvalue weighted by Crippen LogP contribution is -2.11. The van der Waals surface area contributed by atoms with Gasteiger partial charge in [-0.15, -0.1) is 0 Å². The van der Waals surface area contributed by atoms with Crippen molar-refractivity contribution in [3.8, 4) is 6.07 Å². The first-order valence-corrected chi connectivity index (χ1v) is 11.6. The predicted octanol–water partition coefficient (Wildman–Crippen LogP) is 6.02. The Hall–Kier alpha value is -4.43. The maximum absolute atomic E-state index is 13.4. The van der Waals surface area contributed by atoms with E-state index in [-0.39, 0.29) is 12.6 Å². The van der Waals surface area contributed by atoms with Gasteiger partial charge in [-0.05, 0) is 59.9 Å². The van der Waals surface area contributed by atoms with E-state index in [1.54, 1.807) is 12.1 Å². The van der Waals surface area contributed by atoms with Gasteiger partial charge in [0.15, 0.2) is 0 Å². The van der Waals surface area contributed by atoms with E-state index in [9.17, 15) is 10.1 Å². The molecule has 1 aliphatic carbocycles. The van der Waals surface area contributed by atoms with Gasteiger partial charge in [0.25, 0.3) is 0 Å². The van der Waals surface area contributed by atoms with Crippen LogP contribution in [-0.4, -0.2) is 25.0 Å². The molecule has 5 nitrogen and oxygen atoms in total. The van der Waals surface area contributed by atoms with Gasteiger partial charge in [0.2, 0.25) is 0 Å². The lowest BCUT2D eigenvalue weighted by atomic mass is 10.0. The molecule has 0 saturated carbocycles. The number of fused-ring (bicyclic) bond motifs is 2. The predicted molar refractivity (Wildman–Crippen MR) is 139 cm³/mol. The summed E-state index contributed by atoms with van der Waals surface area (Å²) >= 11 is 0. The Kier molecular flexibility index (Phi) is 6.03. The minimum atomic E-state index is -0.385. The van der Waals surface area contributed by atoms with Crippen LogP contribution < -0.4 is 4.90 Å². The number of nitrogens with zero attached hydrogens (tertiary/aromatic N) is 3. The zero-order chi connectivity index (χ0) is 24.4. The number of aromatic nitrogens is 1. The third-order valence-corrected chi connectivity index (χ3v) is 6.39. The molecule has 0 unspecified atom stereocenters. The Labute approximate surface area is 204 Å². The molecule has 0 amide bonds. The van der Waals surface area contributed by atoms with E-state index < -0.39 is 0 Å². The van der Waals surface area contributed by atoms with Gasteiger partial charge < -0.3 is 9.64 Å². The fourth-order valence-electron chi connectivity index (χ4n) is 4.55. The van der Waals surface area contributed by atoms with Gasteiger partial charge in [-0.2, -0.15) is 5.26 Å². The first-order valence-electron chi connectivity index (χ1n) is 11.6. The zero-order valence-electron chi connectivity index (χ0n) is 19.8. The van der Waals surface area contributed by atoms with Gasteiger partial charge in [-0.3, -0.25) is 0 Å². The number of carbonyl (C=O) groups excluding carboxylic acids is 1. The number of rotatable bonds is 5. The van der Waals surface area contributed by atoms with Crippen LogP contribution in [0.1, 0.15) is 44.7 Å². The Morgan fingerprint density at radius 1 is 1.03 bits per heavy atom. The van der Waals surface area contributed by atoms with Gasteiger partial charge in [0, 0.05) is 30.7 Å². The van der Waals surface area contributed by atoms with Crippen molar-refractivity contribution in [2.75, 3.05) is 19.0 Å². The maximum atomic E-state index is 13.4. The molecule has 0 saturated heterocycles. The lowest BCUT2D eigenvalue weighted by molar-refractivity contribution is 0.0473. The Bertz CT molecular complexity index is 1490. The molecule has 0 aliphatic heterocycles. The molecule has 0 fully saturated rings. The molecule has 0 bridgehead atoms. The highest BCUT2D eigenvalue weighted by Gasteiger charge is 2.27. The average molecular weight is 460 g/mol. The van der Waals surface area contributed by atoms with E-state index in [4.69, 9.17) is 9.72 Å². The summed E-state index contributed by atoms with van der Waals surface area (Å²) in [5, 5.41) is 10.1. The highest BCUT2D eigenvalue weighted by molar-refractivity contribution is 6.07. The summed E-state index contributed by atoms with van der Waals surface area (Å²) in [5.74, 6) is -0.385. The van der Waals surface area contributed by atoms with E-state index in [2.05, 4.69) is 41.3 Å². The number of anilines is 1. The summed E-state index contributed by atoms with van der Waals surface area (Å²) in [6.45, 7) is 0.0505. The molecule has 0 radical (unpaired) electrons. The minimum Gasteiger partial charge on any atom is -0.457 e.